The van der Waals surface area contributed by atoms with Crippen LogP contribution >= 0.6 is 0 Å². The van der Waals surface area contributed by atoms with Crippen molar-refractivity contribution in [2.45, 2.75) is 38.3 Å². The van der Waals surface area contributed by atoms with Crippen LogP contribution < -0.4 is 19.3 Å². The molecular weight excluding hydrogens is 276 g/mol. The lowest BCUT2D eigenvalue weighted by molar-refractivity contribution is -1.03. The second-order valence-electron chi connectivity index (χ2n) is 6.74. The summed E-state index contributed by atoms with van der Waals surface area (Å²) in [7, 11) is 3.48. The van der Waals surface area contributed by atoms with Gasteiger partial charge in [-0.25, -0.2) is 0 Å². The fourth-order valence-electron chi connectivity index (χ4n) is 4.13. The first-order valence-corrected chi connectivity index (χ1v) is 8.69. The average Bonchev–Trinajstić information content (AvgIpc) is 3.10. The highest BCUT2D eigenvalue weighted by Gasteiger charge is 2.31. The lowest BCUT2D eigenvalue weighted by atomic mass is 10.1. The van der Waals surface area contributed by atoms with Gasteiger partial charge in [0.1, 0.15) is 44.2 Å². The second kappa shape index (κ2) is 7.34. The SMILES string of the molecule is COc1ccc(OC)c(C[NH+]2CC[NH+](C3CCCC3)CC2)c1. The van der Waals surface area contributed by atoms with Crippen LogP contribution in [0, 0.1) is 0 Å². The Bertz CT molecular complexity index is 478. The molecule has 22 heavy (non-hydrogen) atoms. The number of piperazine rings is 1. The minimum Gasteiger partial charge on any atom is -0.497 e. The molecule has 0 unspecified atom stereocenters. The standard InChI is InChI=1S/C18H28N2O2/c1-21-17-7-8-18(22-2)15(13-17)14-19-9-11-20(12-10-19)16-5-3-4-6-16/h7-8,13,16H,3-6,9-12,14H2,1-2H3/p+2. The number of benzene rings is 1. The summed E-state index contributed by atoms with van der Waals surface area (Å²) < 4.78 is 10.9. The molecule has 1 aromatic carbocycles. The van der Waals surface area contributed by atoms with Crippen molar-refractivity contribution in [2.24, 2.45) is 0 Å². The first kappa shape index (κ1) is 15.6. The molecule has 0 aromatic heterocycles. The molecule has 1 aliphatic heterocycles. The van der Waals surface area contributed by atoms with E-state index in [1.165, 1.54) is 57.4 Å². The summed E-state index contributed by atoms with van der Waals surface area (Å²) in [6.45, 7) is 6.23. The minimum atomic E-state index is 0.922. The first-order chi connectivity index (χ1) is 10.8. The Labute approximate surface area is 134 Å². The molecule has 122 valence electrons. The van der Waals surface area contributed by atoms with E-state index >= 15 is 0 Å². The number of nitrogens with one attached hydrogen (secondary N) is 2. The Kier molecular flexibility index (Phi) is 5.21. The molecule has 2 aliphatic rings. The van der Waals surface area contributed by atoms with Crippen LogP contribution in [0.3, 0.4) is 0 Å². The molecule has 1 aliphatic carbocycles. The smallest absolute Gasteiger partial charge is 0.127 e. The van der Waals surface area contributed by atoms with E-state index in [4.69, 9.17) is 9.47 Å². The Hall–Kier alpha value is -1.26. The zero-order valence-corrected chi connectivity index (χ0v) is 14.0. The maximum Gasteiger partial charge on any atom is 0.127 e. The summed E-state index contributed by atoms with van der Waals surface area (Å²) in [5.74, 6) is 1.91. The largest absolute Gasteiger partial charge is 0.497 e. The second-order valence-corrected chi connectivity index (χ2v) is 6.74. The molecule has 0 spiro atoms. The zero-order valence-electron chi connectivity index (χ0n) is 14.0. The Morgan fingerprint density at radius 3 is 2.36 bits per heavy atom. The monoisotopic (exact) mass is 306 g/mol. The average molecular weight is 306 g/mol. The highest BCUT2D eigenvalue weighted by molar-refractivity contribution is 5.39. The molecule has 4 heteroatoms. The number of hydrogen-bond acceptors (Lipinski definition) is 2. The molecule has 0 radical (unpaired) electrons. The van der Waals surface area contributed by atoms with E-state index in [2.05, 4.69) is 6.07 Å². The van der Waals surface area contributed by atoms with Crippen molar-refractivity contribution in [3.05, 3.63) is 23.8 Å². The van der Waals surface area contributed by atoms with E-state index in [0.717, 1.165) is 24.1 Å². The van der Waals surface area contributed by atoms with Crippen LogP contribution in [0.5, 0.6) is 11.5 Å². The molecule has 3 rings (SSSR count). The number of quaternary nitrogens is 2. The summed E-state index contributed by atoms with van der Waals surface area (Å²) in [6, 6.07) is 7.07. The molecule has 0 bridgehead atoms. The van der Waals surface area contributed by atoms with Crippen molar-refractivity contribution in [1.82, 2.24) is 0 Å². The van der Waals surface area contributed by atoms with Crippen LogP contribution in [0.25, 0.3) is 0 Å². The van der Waals surface area contributed by atoms with Gasteiger partial charge in [0.15, 0.2) is 0 Å². The highest BCUT2D eigenvalue weighted by atomic mass is 16.5. The van der Waals surface area contributed by atoms with Gasteiger partial charge in [0.05, 0.1) is 25.8 Å². The normalized spacial score (nSPS) is 26.1. The predicted octanol–water partition coefficient (Wildman–Crippen LogP) is -0.0702. The van der Waals surface area contributed by atoms with Crippen LogP contribution in [0.15, 0.2) is 18.2 Å². The molecule has 1 aromatic rings. The van der Waals surface area contributed by atoms with E-state index in [-0.39, 0.29) is 0 Å². The van der Waals surface area contributed by atoms with Crippen LogP contribution in [-0.4, -0.2) is 46.4 Å². The molecule has 4 nitrogen and oxygen atoms in total. The van der Waals surface area contributed by atoms with Crippen molar-refractivity contribution in [3.8, 4) is 11.5 Å². The maximum absolute atomic E-state index is 5.51. The fourth-order valence-corrected chi connectivity index (χ4v) is 4.13. The topological polar surface area (TPSA) is 27.3 Å². The molecule has 2 fully saturated rings. The summed E-state index contributed by atoms with van der Waals surface area (Å²) in [5.41, 5.74) is 1.26. The molecule has 1 saturated heterocycles. The molecule has 1 heterocycles. The highest BCUT2D eigenvalue weighted by Crippen LogP contribution is 2.23. The molecule has 2 N–H and O–H groups in total. The molecular formula is C18H30N2O2+2. The van der Waals surface area contributed by atoms with E-state index in [1.54, 1.807) is 19.1 Å². The Morgan fingerprint density at radius 2 is 1.73 bits per heavy atom. The quantitative estimate of drug-likeness (QED) is 0.797. The van der Waals surface area contributed by atoms with Gasteiger partial charge in [-0.15, -0.1) is 0 Å². The number of hydrogen-bond donors (Lipinski definition) is 2. The maximum atomic E-state index is 5.51. The summed E-state index contributed by atoms with van der Waals surface area (Å²) in [4.78, 5) is 3.53. The van der Waals surface area contributed by atoms with E-state index in [9.17, 15) is 0 Å². The van der Waals surface area contributed by atoms with Crippen LogP contribution in [0.4, 0.5) is 0 Å². The van der Waals surface area contributed by atoms with Crippen LogP contribution in [-0.2, 0) is 6.54 Å². The van der Waals surface area contributed by atoms with Crippen molar-refractivity contribution < 1.29 is 19.3 Å². The van der Waals surface area contributed by atoms with Crippen molar-refractivity contribution in [3.63, 3.8) is 0 Å². The van der Waals surface area contributed by atoms with Gasteiger partial charge in [0.25, 0.3) is 0 Å². The van der Waals surface area contributed by atoms with Crippen LogP contribution in [0.2, 0.25) is 0 Å². The first-order valence-electron chi connectivity index (χ1n) is 8.69. The lowest BCUT2D eigenvalue weighted by Gasteiger charge is -2.33. The van der Waals surface area contributed by atoms with Crippen molar-refractivity contribution in [1.29, 1.82) is 0 Å². The van der Waals surface area contributed by atoms with Gasteiger partial charge in [-0.2, -0.15) is 0 Å². The fraction of sp³-hybridized carbons (Fsp3) is 0.667. The Balaban J connectivity index is 1.58. The van der Waals surface area contributed by atoms with E-state index < -0.39 is 0 Å². The van der Waals surface area contributed by atoms with Gasteiger partial charge < -0.3 is 19.3 Å². The summed E-state index contributed by atoms with van der Waals surface area (Å²) >= 11 is 0. The zero-order chi connectivity index (χ0) is 15.4. The minimum absolute atomic E-state index is 0.922. The van der Waals surface area contributed by atoms with Gasteiger partial charge >= 0.3 is 0 Å². The van der Waals surface area contributed by atoms with E-state index in [0.29, 0.717) is 0 Å². The van der Waals surface area contributed by atoms with Gasteiger partial charge in [-0.3, -0.25) is 0 Å². The van der Waals surface area contributed by atoms with Crippen molar-refractivity contribution >= 4 is 0 Å². The lowest BCUT2D eigenvalue weighted by Crippen LogP contribution is -3.29. The van der Waals surface area contributed by atoms with Gasteiger partial charge in [0.2, 0.25) is 0 Å². The number of rotatable bonds is 5. The van der Waals surface area contributed by atoms with Gasteiger partial charge in [-0.1, -0.05) is 0 Å². The summed E-state index contributed by atoms with van der Waals surface area (Å²) in [6.07, 6.45) is 5.81. The number of ether oxygens (including phenoxy) is 2. The third kappa shape index (κ3) is 3.55. The van der Waals surface area contributed by atoms with E-state index in [1.807, 2.05) is 17.0 Å². The van der Waals surface area contributed by atoms with Crippen molar-refractivity contribution in [2.75, 3.05) is 40.4 Å². The molecule has 0 atom stereocenters. The summed E-state index contributed by atoms with van der Waals surface area (Å²) in [5, 5.41) is 0. The predicted molar refractivity (Wildman–Crippen MR) is 86.9 cm³/mol. The molecule has 1 saturated carbocycles. The Morgan fingerprint density at radius 1 is 1.00 bits per heavy atom. The van der Waals surface area contributed by atoms with Crippen LogP contribution in [0.1, 0.15) is 31.2 Å². The van der Waals surface area contributed by atoms with Gasteiger partial charge in [0, 0.05) is 0 Å². The third-order valence-electron chi connectivity index (χ3n) is 5.46. The van der Waals surface area contributed by atoms with Gasteiger partial charge in [-0.05, 0) is 43.9 Å². The third-order valence-corrected chi connectivity index (χ3v) is 5.46. The number of methoxy groups -OCH3 is 2. The molecule has 0 amide bonds.